The molecule has 0 N–H and O–H groups in total. The lowest BCUT2D eigenvalue weighted by molar-refractivity contribution is -0.131. The fourth-order valence-corrected chi connectivity index (χ4v) is 4.25. The van der Waals surface area contributed by atoms with Gasteiger partial charge in [-0.1, -0.05) is 12.1 Å². The van der Waals surface area contributed by atoms with Gasteiger partial charge in [0.25, 0.3) is 5.91 Å². The maximum absolute atomic E-state index is 13.6. The first kappa shape index (κ1) is 25.8. The van der Waals surface area contributed by atoms with Gasteiger partial charge in [-0.15, -0.1) is 16.8 Å². The summed E-state index contributed by atoms with van der Waals surface area (Å²) in [6, 6.07) is 17.0. The molecule has 0 aliphatic carbocycles. The minimum absolute atomic E-state index is 0.0995. The first-order valence-corrected chi connectivity index (χ1v) is 12.1. The van der Waals surface area contributed by atoms with Gasteiger partial charge >= 0.3 is 0 Å². The molecule has 2 aromatic carbocycles. The highest BCUT2D eigenvalue weighted by molar-refractivity contribution is 5.96. The van der Waals surface area contributed by atoms with Crippen molar-refractivity contribution in [2.24, 2.45) is 0 Å². The number of amides is 2. The zero-order valence-electron chi connectivity index (χ0n) is 20.8. The summed E-state index contributed by atoms with van der Waals surface area (Å²) in [7, 11) is 1.63. The Morgan fingerprint density at radius 2 is 1.86 bits per heavy atom. The van der Waals surface area contributed by atoms with Crippen LogP contribution in [0, 0.1) is 5.82 Å². The molecular formula is C28H30FN5O3. The Labute approximate surface area is 216 Å². The van der Waals surface area contributed by atoms with E-state index in [9.17, 15) is 14.0 Å². The maximum atomic E-state index is 13.6. The van der Waals surface area contributed by atoms with Gasteiger partial charge in [0.15, 0.2) is 5.82 Å². The third-order valence-corrected chi connectivity index (χ3v) is 6.24. The van der Waals surface area contributed by atoms with Gasteiger partial charge in [0, 0.05) is 43.9 Å². The van der Waals surface area contributed by atoms with E-state index in [1.54, 1.807) is 18.1 Å². The molecule has 1 aromatic heterocycles. The Kier molecular flexibility index (Phi) is 8.45. The third-order valence-electron chi connectivity index (χ3n) is 6.24. The smallest absolute Gasteiger partial charge is 0.254 e. The van der Waals surface area contributed by atoms with Crippen molar-refractivity contribution < 1.29 is 18.7 Å². The number of halogens is 1. The van der Waals surface area contributed by atoms with Gasteiger partial charge in [0.2, 0.25) is 5.91 Å². The quantitative estimate of drug-likeness (QED) is 0.437. The van der Waals surface area contributed by atoms with E-state index >= 15 is 0 Å². The van der Waals surface area contributed by atoms with Gasteiger partial charge in [-0.2, -0.15) is 0 Å². The molecule has 192 valence electrons. The second-order valence-corrected chi connectivity index (χ2v) is 8.71. The Morgan fingerprint density at radius 3 is 2.54 bits per heavy atom. The van der Waals surface area contributed by atoms with Crippen molar-refractivity contribution in [3.63, 3.8) is 0 Å². The molecule has 9 heteroatoms. The van der Waals surface area contributed by atoms with Crippen LogP contribution >= 0.6 is 0 Å². The molecule has 3 aromatic rings. The number of rotatable bonds is 8. The summed E-state index contributed by atoms with van der Waals surface area (Å²) in [6.07, 6.45) is 2.32. The van der Waals surface area contributed by atoms with E-state index in [1.807, 2.05) is 36.4 Å². The van der Waals surface area contributed by atoms with E-state index in [0.29, 0.717) is 19.6 Å². The van der Waals surface area contributed by atoms with Crippen molar-refractivity contribution >= 4 is 17.6 Å². The molecule has 1 fully saturated rings. The summed E-state index contributed by atoms with van der Waals surface area (Å²) in [5.41, 5.74) is 1.92. The molecule has 0 radical (unpaired) electrons. The summed E-state index contributed by atoms with van der Waals surface area (Å²) >= 11 is 0. The zero-order valence-corrected chi connectivity index (χ0v) is 20.8. The normalized spacial score (nSPS) is 13.6. The lowest BCUT2D eigenvalue weighted by Gasteiger charge is -2.26. The minimum Gasteiger partial charge on any atom is -0.497 e. The third kappa shape index (κ3) is 6.49. The van der Waals surface area contributed by atoms with Crippen molar-refractivity contribution in [3.8, 4) is 17.0 Å². The number of anilines is 1. The molecule has 2 amide bonds. The standard InChI is InChI=1S/C28H30FN5O3/c1-3-14-34(28(36)22-6-4-7-23(29)19-22)20-27(35)33-16-5-15-32(17-18-33)26-13-12-25(30-31-26)21-8-10-24(37-2)11-9-21/h3-4,6-13,19H,1,5,14-18,20H2,2H3. The number of nitrogens with zero attached hydrogens (tertiary/aromatic N) is 5. The number of methoxy groups -OCH3 is 1. The van der Waals surface area contributed by atoms with Gasteiger partial charge in [0.1, 0.15) is 18.1 Å². The number of hydrogen-bond acceptors (Lipinski definition) is 6. The molecular weight excluding hydrogens is 473 g/mol. The van der Waals surface area contributed by atoms with Crippen LogP contribution in [0.3, 0.4) is 0 Å². The topological polar surface area (TPSA) is 78.9 Å². The summed E-state index contributed by atoms with van der Waals surface area (Å²) in [6.45, 7) is 6.18. The highest BCUT2D eigenvalue weighted by atomic mass is 19.1. The molecule has 2 heterocycles. The van der Waals surface area contributed by atoms with E-state index < -0.39 is 11.7 Å². The lowest BCUT2D eigenvalue weighted by atomic mass is 10.1. The zero-order chi connectivity index (χ0) is 26.2. The highest BCUT2D eigenvalue weighted by Gasteiger charge is 2.24. The Morgan fingerprint density at radius 1 is 1.05 bits per heavy atom. The molecule has 1 saturated heterocycles. The second-order valence-electron chi connectivity index (χ2n) is 8.71. The van der Waals surface area contributed by atoms with Crippen LogP contribution < -0.4 is 9.64 Å². The molecule has 0 unspecified atom stereocenters. The predicted molar refractivity (Wildman–Crippen MR) is 140 cm³/mol. The van der Waals surface area contributed by atoms with E-state index in [-0.39, 0.29) is 24.6 Å². The van der Waals surface area contributed by atoms with Crippen LogP contribution in [0.25, 0.3) is 11.3 Å². The van der Waals surface area contributed by atoms with Crippen LogP contribution in [-0.4, -0.2) is 78.2 Å². The average Bonchev–Trinajstić information content (AvgIpc) is 3.19. The molecule has 8 nitrogen and oxygen atoms in total. The first-order chi connectivity index (χ1) is 18.0. The minimum atomic E-state index is -0.497. The van der Waals surface area contributed by atoms with Crippen LogP contribution in [0.5, 0.6) is 5.75 Å². The molecule has 0 saturated carbocycles. The van der Waals surface area contributed by atoms with Crippen LogP contribution in [0.1, 0.15) is 16.8 Å². The molecule has 1 aliphatic rings. The van der Waals surface area contributed by atoms with Gasteiger partial charge in [0.05, 0.1) is 12.8 Å². The van der Waals surface area contributed by atoms with Gasteiger partial charge < -0.3 is 19.4 Å². The number of ether oxygens (including phenoxy) is 1. The molecule has 1 aliphatic heterocycles. The van der Waals surface area contributed by atoms with E-state index in [1.165, 1.54) is 29.2 Å². The number of hydrogen-bond donors (Lipinski definition) is 0. The van der Waals surface area contributed by atoms with E-state index in [4.69, 9.17) is 4.74 Å². The second kappa shape index (κ2) is 12.1. The SMILES string of the molecule is C=CCN(CC(=O)N1CCCN(c2ccc(-c3ccc(OC)cc3)nn2)CC1)C(=O)c1cccc(F)c1. The first-order valence-electron chi connectivity index (χ1n) is 12.1. The fraction of sp³-hybridized carbons (Fsp3) is 0.286. The Hall–Kier alpha value is -4.27. The summed E-state index contributed by atoms with van der Waals surface area (Å²) < 4.78 is 18.8. The van der Waals surface area contributed by atoms with Crippen LogP contribution in [-0.2, 0) is 4.79 Å². The van der Waals surface area contributed by atoms with Crippen LogP contribution in [0.15, 0.2) is 73.3 Å². The monoisotopic (exact) mass is 503 g/mol. The number of benzene rings is 2. The summed E-state index contributed by atoms with van der Waals surface area (Å²) in [4.78, 5) is 31.2. The van der Waals surface area contributed by atoms with E-state index in [2.05, 4.69) is 21.7 Å². The van der Waals surface area contributed by atoms with Crippen molar-refractivity contribution in [1.82, 2.24) is 20.0 Å². The van der Waals surface area contributed by atoms with Gasteiger partial charge in [-0.3, -0.25) is 9.59 Å². The largest absolute Gasteiger partial charge is 0.497 e. The van der Waals surface area contributed by atoms with Crippen LogP contribution in [0.2, 0.25) is 0 Å². The molecule has 0 spiro atoms. The molecule has 0 atom stereocenters. The lowest BCUT2D eigenvalue weighted by Crippen LogP contribution is -2.44. The average molecular weight is 504 g/mol. The Bertz CT molecular complexity index is 1230. The molecule has 37 heavy (non-hydrogen) atoms. The highest BCUT2D eigenvalue weighted by Crippen LogP contribution is 2.22. The van der Waals surface area contributed by atoms with Crippen molar-refractivity contribution in [1.29, 1.82) is 0 Å². The van der Waals surface area contributed by atoms with Gasteiger partial charge in [-0.05, 0) is 61.0 Å². The predicted octanol–water partition coefficient (Wildman–Crippen LogP) is 3.66. The van der Waals surface area contributed by atoms with Crippen molar-refractivity contribution in [2.45, 2.75) is 6.42 Å². The fourth-order valence-electron chi connectivity index (χ4n) is 4.25. The Balaban J connectivity index is 1.37. The number of carbonyl (C=O) groups is 2. The van der Waals surface area contributed by atoms with Crippen molar-refractivity contribution in [2.75, 3.05) is 51.3 Å². The maximum Gasteiger partial charge on any atom is 0.254 e. The molecule has 4 rings (SSSR count). The summed E-state index contributed by atoms with van der Waals surface area (Å²) in [5, 5.41) is 8.80. The molecule has 0 bridgehead atoms. The van der Waals surface area contributed by atoms with Crippen molar-refractivity contribution in [3.05, 3.63) is 84.7 Å². The van der Waals surface area contributed by atoms with E-state index in [0.717, 1.165) is 35.8 Å². The number of aromatic nitrogens is 2. The van der Waals surface area contributed by atoms with Crippen LogP contribution in [0.4, 0.5) is 10.2 Å². The number of carbonyl (C=O) groups excluding carboxylic acids is 2. The summed E-state index contributed by atoms with van der Waals surface area (Å²) in [5.74, 6) is 0.471. The van der Waals surface area contributed by atoms with Gasteiger partial charge in [-0.25, -0.2) is 4.39 Å².